The molecule has 1 unspecified atom stereocenters. The fraction of sp³-hybridized carbons (Fsp3) is 0.778. The summed E-state index contributed by atoms with van der Waals surface area (Å²) in [6.45, 7) is 1.06. The van der Waals surface area contributed by atoms with Crippen molar-refractivity contribution in [1.29, 1.82) is 5.41 Å². The highest BCUT2D eigenvalue weighted by molar-refractivity contribution is 7.98. The van der Waals surface area contributed by atoms with Crippen molar-refractivity contribution in [2.75, 3.05) is 32.3 Å². The standard InChI is InChI=1S/C9H17N3O2S/c1-14-5-4-12-7(3-6-15-2)8(10)11-9(12)13/h7H,3-6H2,1-2H3,(H2,10,11,13). The van der Waals surface area contributed by atoms with Gasteiger partial charge in [0.15, 0.2) is 0 Å². The van der Waals surface area contributed by atoms with Gasteiger partial charge in [0.05, 0.1) is 12.6 Å². The number of carbonyl (C=O) groups excluding carboxylic acids is 1. The first-order valence-corrected chi connectivity index (χ1v) is 6.24. The van der Waals surface area contributed by atoms with Gasteiger partial charge in [-0.25, -0.2) is 4.79 Å². The largest absolute Gasteiger partial charge is 0.383 e. The van der Waals surface area contributed by atoms with Crippen molar-refractivity contribution >= 4 is 23.6 Å². The molecule has 5 nitrogen and oxygen atoms in total. The van der Waals surface area contributed by atoms with Gasteiger partial charge in [0.1, 0.15) is 5.84 Å². The van der Waals surface area contributed by atoms with Gasteiger partial charge in [-0.15, -0.1) is 0 Å². The number of urea groups is 1. The Hall–Kier alpha value is -0.750. The number of hydrogen-bond acceptors (Lipinski definition) is 4. The van der Waals surface area contributed by atoms with Gasteiger partial charge >= 0.3 is 6.03 Å². The van der Waals surface area contributed by atoms with E-state index >= 15 is 0 Å². The highest BCUT2D eigenvalue weighted by atomic mass is 32.2. The topological polar surface area (TPSA) is 65.4 Å². The highest BCUT2D eigenvalue weighted by Gasteiger charge is 2.34. The van der Waals surface area contributed by atoms with E-state index in [1.807, 2.05) is 6.26 Å². The van der Waals surface area contributed by atoms with Crippen LogP contribution in [0.5, 0.6) is 0 Å². The lowest BCUT2D eigenvalue weighted by Crippen LogP contribution is -2.37. The number of hydrogen-bond donors (Lipinski definition) is 2. The molecule has 1 aliphatic rings. The van der Waals surface area contributed by atoms with Crippen molar-refractivity contribution in [3.8, 4) is 0 Å². The Kier molecular flexibility index (Phi) is 4.90. The van der Waals surface area contributed by atoms with Crippen molar-refractivity contribution in [3.05, 3.63) is 0 Å². The van der Waals surface area contributed by atoms with Crippen molar-refractivity contribution in [2.24, 2.45) is 0 Å². The van der Waals surface area contributed by atoms with Crippen LogP contribution in [0.15, 0.2) is 0 Å². The summed E-state index contributed by atoms with van der Waals surface area (Å²) >= 11 is 1.72. The zero-order chi connectivity index (χ0) is 11.3. The molecule has 1 heterocycles. The van der Waals surface area contributed by atoms with Crippen molar-refractivity contribution in [2.45, 2.75) is 12.5 Å². The van der Waals surface area contributed by atoms with Gasteiger partial charge in [0, 0.05) is 13.7 Å². The number of nitrogens with one attached hydrogen (secondary N) is 2. The number of nitrogens with zero attached hydrogens (tertiary/aromatic N) is 1. The normalized spacial score (nSPS) is 20.9. The third-order valence-electron chi connectivity index (χ3n) is 2.34. The van der Waals surface area contributed by atoms with Gasteiger partial charge < -0.3 is 9.64 Å². The molecule has 15 heavy (non-hydrogen) atoms. The van der Waals surface area contributed by atoms with Crippen LogP contribution in [-0.2, 0) is 4.74 Å². The molecule has 0 saturated carbocycles. The molecule has 1 atom stereocenters. The zero-order valence-corrected chi connectivity index (χ0v) is 9.89. The Morgan fingerprint density at radius 2 is 2.40 bits per heavy atom. The van der Waals surface area contributed by atoms with Gasteiger partial charge in [-0.1, -0.05) is 0 Å². The molecule has 0 aliphatic carbocycles. The average molecular weight is 231 g/mol. The number of ether oxygens (including phenoxy) is 1. The molecule has 0 aromatic carbocycles. The van der Waals surface area contributed by atoms with Crippen molar-refractivity contribution in [3.63, 3.8) is 0 Å². The first-order valence-electron chi connectivity index (χ1n) is 4.84. The molecule has 1 aliphatic heterocycles. The molecular formula is C9H17N3O2S. The summed E-state index contributed by atoms with van der Waals surface area (Å²) in [5.74, 6) is 1.26. The van der Waals surface area contributed by atoms with E-state index in [4.69, 9.17) is 10.1 Å². The summed E-state index contributed by atoms with van der Waals surface area (Å²) in [7, 11) is 1.61. The number of methoxy groups -OCH3 is 1. The van der Waals surface area contributed by atoms with E-state index in [-0.39, 0.29) is 12.1 Å². The van der Waals surface area contributed by atoms with Crippen LogP contribution < -0.4 is 5.32 Å². The minimum absolute atomic E-state index is 0.0971. The molecule has 2 N–H and O–H groups in total. The molecule has 6 heteroatoms. The number of thioether (sulfide) groups is 1. The molecule has 0 radical (unpaired) electrons. The Labute approximate surface area is 94.0 Å². The molecular weight excluding hydrogens is 214 g/mol. The van der Waals surface area contributed by atoms with Crippen LogP contribution in [0.4, 0.5) is 4.79 Å². The van der Waals surface area contributed by atoms with E-state index in [9.17, 15) is 4.79 Å². The molecule has 86 valence electrons. The third kappa shape index (κ3) is 3.10. The maximum Gasteiger partial charge on any atom is 0.323 e. The van der Waals surface area contributed by atoms with E-state index in [1.54, 1.807) is 23.8 Å². The smallest absolute Gasteiger partial charge is 0.323 e. The van der Waals surface area contributed by atoms with Gasteiger partial charge in [-0.05, 0) is 18.4 Å². The quantitative estimate of drug-likeness (QED) is 0.709. The van der Waals surface area contributed by atoms with E-state index in [0.29, 0.717) is 19.0 Å². The average Bonchev–Trinajstić information content (AvgIpc) is 2.47. The Balaban J connectivity index is 2.54. The first-order chi connectivity index (χ1) is 7.20. The maximum absolute atomic E-state index is 11.5. The maximum atomic E-state index is 11.5. The second-order valence-corrected chi connectivity index (χ2v) is 4.31. The van der Waals surface area contributed by atoms with E-state index in [0.717, 1.165) is 12.2 Å². The molecule has 1 fully saturated rings. The van der Waals surface area contributed by atoms with E-state index < -0.39 is 0 Å². The summed E-state index contributed by atoms with van der Waals surface area (Å²) in [5, 5.41) is 10.2. The molecule has 1 saturated heterocycles. The SMILES string of the molecule is COCCN1C(=O)NC(=N)C1CCSC. The van der Waals surface area contributed by atoms with Crippen molar-refractivity contribution < 1.29 is 9.53 Å². The zero-order valence-electron chi connectivity index (χ0n) is 9.08. The number of rotatable bonds is 6. The lowest BCUT2D eigenvalue weighted by atomic mass is 10.2. The summed E-state index contributed by atoms with van der Waals surface area (Å²) in [4.78, 5) is 13.1. The minimum Gasteiger partial charge on any atom is -0.383 e. The van der Waals surface area contributed by atoms with Crippen LogP contribution in [0.25, 0.3) is 0 Å². The van der Waals surface area contributed by atoms with Gasteiger partial charge in [-0.3, -0.25) is 10.7 Å². The van der Waals surface area contributed by atoms with Crippen molar-refractivity contribution in [1.82, 2.24) is 10.2 Å². The summed E-state index contributed by atoms with van der Waals surface area (Å²) in [6.07, 6.45) is 2.84. The Morgan fingerprint density at radius 1 is 1.67 bits per heavy atom. The molecule has 0 aromatic rings. The number of amidine groups is 1. The van der Waals surface area contributed by atoms with Crippen LogP contribution >= 0.6 is 11.8 Å². The molecule has 0 bridgehead atoms. The first kappa shape index (κ1) is 12.3. The van der Waals surface area contributed by atoms with Crippen LogP contribution in [0.2, 0.25) is 0 Å². The summed E-state index contributed by atoms with van der Waals surface area (Å²) in [5.41, 5.74) is 0. The fourth-order valence-corrected chi connectivity index (χ4v) is 2.00. The van der Waals surface area contributed by atoms with Gasteiger partial charge in [0.2, 0.25) is 0 Å². The molecule has 0 spiro atoms. The van der Waals surface area contributed by atoms with E-state index in [2.05, 4.69) is 5.32 Å². The fourth-order valence-electron chi connectivity index (χ4n) is 1.54. The monoisotopic (exact) mass is 231 g/mol. The Morgan fingerprint density at radius 3 is 3.00 bits per heavy atom. The third-order valence-corrected chi connectivity index (χ3v) is 2.99. The minimum atomic E-state index is -0.178. The van der Waals surface area contributed by atoms with Crippen LogP contribution in [0.3, 0.4) is 0 Å². The summed E-state index contributed by atoms with van der Waals surface area (Å²) < 4.78 is 4.94. The number of amides is 2. The second kappa shape index (κ2) is 5.97. The number of carbonyl (C=O) groups is 1. The van der Waals surface area contributed by atoms with Gasteiger partial charge in [-0.2, -0.15) is 11.8 Å². The van der Waals surface area contributed by atoms with Crippen LogP contribution in [-0.4, -0.2) is 55.1 Å². The predicted molar refractivity (Wildman–Crippen MR) is 61.6 cm³/mol. The second-order valence-electron chi connectivity index (χ2n) is 3.33. The van der Waals surface area contributed by atoms with E-state index in [1.165, 1.54) is 0 Å². The summed E-state index contributed by atoms with van der Waals surface area (Å²) in [6, 6.07) is -0.275. The molecule has 0 aromatic heterocycles. The Bertz CT molecular complexity index is 224. The molecule has 2 amide bonds. The highest BCUT2D eigenvalue weighted by Crippen LogP contribution is 2.14. The predicted octanol–water partition coefficient (Wildman–Crippen LogP) is 0.757. The van der Waals surface area contributed by atoms with Gasteiger partial charge in [0.25, 0.3) is 0 Å². The molecule has 1 rings (SSSR count). The lowest BCUT2D eigenvalue weighted by molar-refractivity contribution is 0.150. The van der Waals surface area contributed by atoms with Crippen LogP contribution in [0, 0.1) is 5.41 Å². The lowest BCUT2D eigenvalue weighted by Gasteiger charge is -2.21. The van der Waals surface area contributed by atoms with Crippen LogP contribution in [0.1, 0.15) is 6.42 Å².